The van der Waals surface area contributed by atoms with E-state index in [9.17, 15) is 8.42 Å². The first-order chi connectivity index (χ1) is 9.97. The summed E-state index contributed by atoms with van der Waals surface area (Å²) in [7, 11) is -0.346. The molecule has 1 aromatic rings. The van der Waals surface area contributed by atoms with Crippen LogP contribution >= 0.6 is 0 Å². The van der Waals surface area contributed by atoms with Crippen molar-refractivity contribution in [3.8, 4) is 11.5 Å². The number of sulfone groups is 1. The second-order valence-corrected chi connectivity index (χ2v) is 7.35. The normalized spacial score (nSPS) is 19.3. The number of benzene rings is 1. The highest BCUT2D eigenvalue weighted by Gasteiger charge is 2.25. The van der Waals surface area contributed by atoms with E-state index in [2.05, 4.69) is 5.32 Å². The zero-order valence-corrected chi connectivity index (χ0v) is 13.6. The standard InChI is InChI=1S/C15H23NO4S/c1-19-13-7-8-14(20-2)15(21(3,17)18)12(13)10-11-6-4-5-9-16-11/h7-8,11,16H,4-6,9-10H2,1-3H3. The van der Waals surface area contributed by atoms with Gasteiger partial charge in [-0.15, -0.1) is 0 Å². The smallest absolute Gasteiger partial charge is 0.179 e. The Morgan fingerprint density at radius 1 is 1.19 bits per heavy atom. The first-order valence-corrected chi connectivity index (χ1v) is 9.03. The maximum Gasteiger partial charge on any atom is 0.179 e. The van der Waals surface area contributed by atoms with Gasteiger partial charge in [0.2, 0.25) is 0 Å². The fourth-order valence-corrected chi connectivity index (χ4v) is 4.03. The van der Waals surface area contributed by atoms with Gasteiger partial charge in [-0.3, -0.25) is 0 Å². The maximum atomic E-state index is 12.2. The van der Waals surface area contributed by atoms with Gasteiger partial charge in [-0.05, 0) is 37.9 Å². The molecule has 0 amide bonds. The number of piperidine rings is 1. The molecule has 1 atom stereocenters. The lowest BCUT2D eigenvalue weighted by Crippen LogP contribution is -2.36. The molecule has 1 heterocycles. The molecule has 0 radical (unpaired) electrons. The van der Waals surface area contributed by atoms with Gasteiger partial charge in [0, 0.05) is 17.9 Å². The number of hydrogen-bond donors (Lipinski definition) is 1. The summed E-state index contributed by atoms with van der Waals surface area (Å²) in [5.41, 5.74) is 0.707. The zero-order valence-electron chi connectivity index (χ0n) is 12.8. The van der Waals surface area contributed by atoms with Crippen LogP contribution in [0.5, 0.6) is 11.5 Å². The van der Waals surface area contributed by atoms with Crippen LogP contribution in [0.25, 0.3) is 0 Å². The van der Waals surface area contributed by atoms with Gasteiger partial charge in [0.25, 0.3) is 0 Å². The van der Waals surface area contributed by atoms with Crippen molar-refractivity contribution in [3.05, 3.63) is 17.7 Å². The van der Waals surface area contributed by atoms with Crippen LogP contribution in [-0.2, 0) is 16.3 Å². The van der Waals surface area contributed by atoms with Gasteiger partial charge in [-0.1, -0.05) is 6.42 Å². The minimum atomic E-state index is -3.39. The molecule has 0 aliphatic carbocycles. The Bertz CT molecular complexity index is 592. The van der Waals surface area contributed by atoms with Crippen molar-refractivity contribution in [2.24, 2.45) is 0 Å². The van der Waals surface area contributed by atoms with Crippen LogP contribution in [0, 0.1) is 0 Å². The Morgan fingerprint density at radius 2 is 1.86 bits per heavy atom. The third-order valence-corrected chi connectivity index (χ3v) is 5.04. The van der Waals surface area contributed by atoms with E-state index in [0.29, 0.717) is 23.5 Å². The quantitative estimate of drug-likeness (QED) is 0.898. The molecular weight excluding hydrogens is 290 g/mol. The van der Waals surface area contributed by atoms with Crippen LogP contribution in [0.2, 0.25) is 0 Å². The fourth-order valence-electron chi connectivity index (χ4n) is 2.88. The van der Waals surface area contributed by atoms with Crippen LogP contribution in [0.4, 0.5) is 0 Å². The van der Waals surface area contributed by atoms with Crippen molar-refractivity contribution in [1.29, 1.82) is 0 Å². The SMILES string of the molecule is COc1ccc(OC)c(S(C)(=O)=O)c1CC1CCCCN1. The Balaban J connectivity index is 2.49. The summed E-state index contributed by atoms with van der Waals surface area (Å²) in [4.78, 5) is 0.247. The molecule has 5 nitrogen and oxygen atoms in total. The monoisotopic (exact) mass is 313 g/mol. The van der Waals surface area contributed by atoms with Gasteiger partial charge >= 0.3 is 0 Å². The van der Waals surface area contributed by atoms with Gasteiger partial charge < -0.3 is 14.8 Å². The van der Waals surface area contributed by atoms with Crippen LogP contribution in [0.3, 0.4) is 0 Å². The topological polar surface area (TPSA) is 64.6 Å². The van der Waals surface area contributed by atoms with E-state index in [1.54, 1.807) is 19.2 Å². The fraction of sp³-hybridized carbons (Fsp3) is 0.600. The van der Waals surface area contributed by atoms with Gasteiger partial charge in [0.05, 0.1) is 14.2 Å². The van der Waals surface area contributed by atoms with E-state index in [1.165, 1.54) is 19.8 Å². The molecule has 1 fully saturated rings. The molecule has 1 saturated heterocycles. The molecule has 21 heavy (non-hydrogen) atoms. The minimum absolute atomic E-state index is 0.247. The highest BCUT2D eigenvalue weighted by Crippen LogP contribution is 2.35. The summed E-state index contributed by atoms with van der Waals surface area (Å²) >= 11 is 0. The molecule has 1 aliphatic heterocycles. The molecule has 0 bridgehead atoms. The van der Waals surface area contributed by atoms with E-state index in [4.69, 9.17) is 9.47 Å². The summed E-state index contributed by atoms with van der Waals surface area (Å²) in [6, 6.07) is 3.69. The van der Waals surface area contributed by atoms with E-state index in [0.717, 1.165) is 19.4 Å². The van der Waals surface area contributed by atoms with Crippen LogP contribution in [-0.4, -0.2) is 41.5 Å². The number of rotatable bonds is 5. The van der Waals surface area contributed by atoms with Crippen molar-refractivity contribution < 1.29 is 17.9 Å². The zero-order chi connectivity index (χ0) is 15.5. The maximum absolute atomic E-state index is 12.2. The molecule has 118 valence electrons. The molecule has 6 heteroatoms. The Labute approximate surface area is 126 Å². The molecule has 1 unspecified atom stereocenters. The lowest BCUT2D eigenvalue weighted by molar-refractivity contribution is 0.369. The predicted molar refractivity (Wildman–Crippen MR) is 82.0 cm³/mol. The lowest BCUT2D eigenvalue weighted by Gasteiger charge is -2.25. The number of hydrogen-bond acceptors (Lipinski definition) is 5. The van der Waals surface area contributed by atoms with Crippen molar-refractivity contribution >= 4 is 9.84 Å². The predicted octanol–water partition coefficient (Wildman–Crippen LogP) is 1.79. The number of methoxy groups -OCH3 is 2. The summed E-state index contributed by atoms with van der Waals surface area (Å²) in [5.74, 6) is 0.979. The van der Waals surface area contributed by atoms with Crippen molar-refractivity contribution in [2.75, 3.05) is 27.0 Å². The molecule has 1 aliphatic rings. The highest BCUT2D eigenvalue weighted by molar-refractivity contribution is 7.90. The third-order valence-electron chi connectivity index (χ3n) is 3.85. The molecule has 2 rings (SSSR count). The van der Waals surface area contributed by atoms with Crippen LogP contribution < -0.4 is 14.8 Å². The molecule has 0 saturated carbocycles. The average molecular weight is 313 g/mol. The van der Waals surface area contributed by atoms with Crippen LogP contribution in [0.15, 0.2) is 17.0 Å². The molecule has 0 aromatic heterocycles. The number of ether oxygens (including phenoxy) is 2. The molecule has 0 spiro atoms. The second kappa shape index (κ2) is 6.66. The van der Waals surface area contributed by atoms with E-state index >= 15 is 0 Å². The number of nitrogens with one attached hydrogen (secondary N) is 1. The van der Waals surface area contributed by atoms with Gasteiger partial charge in [-0.25, -0.2) is 8.42 Å². The summed E-state index contributed by atoms with van der Waals surface area (Å²) in [6.07, 6.45) is 5.22. The largest absolute Gasteiger partial charge is 0.496 e. The Morgan fingerprint density at radius 3 is 2.38 bits per heavy atom. The van der Waals surface area contributed by atoms with Crippen molar-refractivity contribution in [2.45, 2.75) is 36.6 Å². The lowest BCUT2D eigenvalue weighted by atomic mass is 9.97. The minimum Gasteiger partial charge on any atom is -0.496 e. The summed E-state index contributed by atoms with van der Waals surface area (Å²) in [6.45, 7) is 0.977. The Hall–Kier alpha value is -1.27. The molecular formula is C15H23NO4S. The van der Waals surface area contributed by atoms with Gasteiger partial charge in [0.15, 0.2) is 9.84 Å². The van der Waals surface area contributed by atoms with Gasteiger partial charge in [0.1, 0.15) is 16.4 Å². The third kappa shape index (κ3) is 3.68. The summed E-state index contributed by atoms with van der Waals surface area (Å²) < 4.78 is 35.0. The van der Waals surface area contributed by atoms with Gasteiger partial charge in [-0.2, -0.15) is 0 Å². The second-order valence-electron chi connectivity index (χ2n) is 5.40. The highest BCUT2D eigenvalue weighted by atomic mass is 32.2. The summed E-state index contributed by atoms with van der Waals surface area (Å²) in [5, 5.41) is 3.44. The molecule has 1 aromatic carbocycles. The van der Waals surface area contributed by atoms with E-state index in [-0.39, 0.29) is 10.9 Å². The van der Waals surface area contributed by atoms with Crippen molar-refractivity contribution in [3.63, 3.8) is 0 Å². The van der Waals surface area contributed by atoms with E-state index in [1.807, 2.05) is 0 Å². The van der Waals surface area contributed by atoms with E-state index < -0.39 is 9.84 Å². The molecule has 1 N–H and O–H groups in total. The van der Waals surface area contributed by atoms with Crippen LogP contribution in [0.1, 0.15) is 24.8 Å². The first-order valence-electron chi connectivity index (χ1n) is 7.14. The first kappa shape index (κ1) is 16.1. The average Bonchev–Trinajstić information content (AvgIpc) is 2.46. The van der Waals surface area contributed by atoms with Crippen molar-refractivity contribution in [1.82, 2.24) is 5.32 Å². The Kier molecular flexibility index (Phi) is 5.11.